The number of aromatic nitrogens is 3. The third-order valence-corrected chi connectivity index (χ3v) is 2.82. The summed E-state index contributed by atoms with van der Waals surface area (Å²) < 4.78 is 7.75. The van der Waals surface area contributed by atoms with Gasteiger partial charge in [0.15, 0.2) is 11.8 Å². The van der Waals surface area contributed by atoms with Crippen LogP contribution < -0.4 is 10.3 Å². The van der Waals surface area contributed by atoms with Crippen LogP contribution in [0.15, 0.2) is 35.3 Å². The molecule has 0 saturated heterocycles. The maximum atomic E-state index is 12.2. The molecular formula is C12H8N4O2. The summed E-state index contributed by atoms with van der Waals surface area (Å²) >= 11 is 0. The summed E-state index contributed by atoms with van der Waals surface area (Å²) in [5.41, 5.74) is 0.607. The van der Waals surface area contributed by atoms with E-state index in [4.69, 9.17) is 4.74 Å². The third-order valence-electron chi connectivity index (χ3n) is 2.82. The molecule has 88 valence electrons. The van der Waals surface area contributed by atoms with E-state index in [-0.39, 0.29) is 5.56 Å². The molecule has 1 aromatic carbocycles. The molecule has 18 heavy (non-hydrogen) atoms. The molecule has 3 rings (SSSR count). The summed E-state index contributed by atoms with van der Waals surface area (Å²) in [6, 6.07) is 6.67. The van der Waals surface area contributed by atoms with E-state index < -0.39 is 0 Å². The molecule has 0 bridgehead atoms. The largest absolute Gasteiger partial charge is 0.495 e. The average molecular weight is 240 g/mol. The minimum absolute atomic E-state index is 0.268. The van der Waals surface area contributed by atoms with Gasteiger partial charge in [0.25, 0.3) is 5.56 Å². The number of nitrogens with zero attached hydrogens (tertiary/aromatic N) is 4. The van der Waals surface area contributed by atoms with Gasteiger partial charge in [-0.15, -0.1) is 0 Å². The SMILES string of the molecule is COc1cccc2c(=O)n3nccc3n(C#N)c12. The minimum atomic E-state index is -0.268. The zero-order chi connectivity index (χ0) is 12.7. The highest BCUT2D eigenvalue weighted by Gasteiger charge is 2.14. The molecule has 2 aromatic heterocycles. The van der Waals surface area contributed by atoms with Gasteiger partial charge in [0.2, 0.25) is 0 Å². The molecule has 6 heteroatoms. The van der Waals surface area contributed by atoms with E-state index in [1.165, 1.54) is 22.4 Å². The van der Waals surface area contributed by atoms with Gasteiger partial charge in [0, 0.05) is 6.07 Å². The summed E-state index contributed by atoms with van der Waals surface area (Å²) in [6.07, 6.45) is 3.52. The first-order valence-corrected chi connectivity index (χ1v) is 5.23. The summed E-state index contributed by atoms with van der Waals surface area (Å²) in [7, 11) is 1.50. The van der Waals surface area contributed by atoms with Gasteiger partial charge in [-0.2, -0.15) is 14.9 Å². The topological polar surface area (TPSA) is 72.3 Å². The van der Waals surface area contributed by atoms with Crippen molar-refractivity contribution in [1.82, 2.24) is 14.2 Å². The van der Waals surface area contributed by atoms with Crippen molar-refractivity contribution < 1.29 is 4.74 Å². The van der Waals surface area contributed by atoms with E-state index in [1.807, 2.05) is 6.19 Å². The lowest BCUT2D eigenvalue weighted by Crippen LogP contribution is -2.18. The number of hydrogen-bond donors (Lipinski definition) is 0. The quantitative estimate of drug-likeness (QED) is 0.635. The van der Waals surface area contributed by atoms with Crippen LogP contribution in [0.3, 0.4) is 0 Å². The molecule has 6 nitrogen and oxygen atoms in total. The number of hydrogen-bond acceptors (Lipinski definition) is 4. The van der Waals surface area contributed by atoms with Crippen LogP contribution in [0.2, 0.25) is 0 Å². The fraction of sp³-hybridized carbons (Fsp3) is 0.0833. The first kappa shape index (κ1) is 10.4. The molecule has 0 radical (unpaired) electrons. The second kappa shape index (κ2) is 3.60. The minimum Gasteiger partial charge on any atom is -0.495 e. The Morgan fingerprint density at radius 3 is 2.94 bits per heavy atom. The van der Waals surface area contributed by atoms with E-state index in [0.717, 1.165) is 0 Å². The highest BCUT2D eigenvalue weighted by molar-refractivity contribution is 5.87. The highest BCUT2D eigenvalue weighted by atomic mass is 16.5. The zero-order valence-corrected chi connectivity index (χ0v) is 9.49. The van der Waals surface area contributed by atoms with E-state index in [2.05, 4.69) is 5.10 Å². The summed E-state index contributed by atoms with van der Waals surface area (Å²) in [4.78, 5) is 12.2. The van der Waals surface area contributed by atoms with Gasteiger partial charge in [-0.25, -0.2) is 4.57 Å². The van der Waals surface area contributed by atoms with Crippen LogP contribution in [0, 0.1) is 11.5 Å². The van der Waals surface area contributed by atoms with Gasteiger partial charge in [-0.05, 0) is 12.1 Å². The Morgan fingerprint density at radius 2 is 2.22 bits per heavy atom. The molecule has 0 aliphatic heterocycles. The molecule has 0 aliphatic rings. The molecule has 0 saturated carbocycles. The molecule has 0 atom stereocenters. The Hall–Kier alpha value is -2.81. The number of ether oxygens (including phenoxy) is 1. The summed E-state index contributed by atoms with van der Waals surface area (Å²) in [5.74, 6) is 0.481. The normalized spacial score (nSPS) is 10.7. The van der Waals surface area contributed by atoms with Crippen LogP contribution >= 0.6 is 0 Å². The van der Waals surface area contributed by atoms with E-state index >= 15 is 0 Å². The Bertz CT molecular complexity index is 854. The van der Waals surface area contributed by atoms with Crippen LogP contribution in [0.1, 0.15) is 0 Å². The smallest absolute Gasteiger partial charge is 0.282 e. The lowest BCUT2D eigenvalue weighted by atomic mass is 10.2. The lowest BCUT2D eigenvalue weighted by molar-refractivity contribution is 0.418. The monoisotopic (exact) mass is 240 g/mol. The van der Waals surface area contributed by atoms with E-state index in [0.29, 0.717) is 22.3 Å². The van der Waals surface area contributed by atoms with Crippen LogP contribution in [-0.4, -0.2) is 21.3 Å². The van der Waals surface area contributed by atoms with Crippen molar-refractivity contribution in [2.24, 2.45) is 0 Å². The maximum Gasteiger partial charge on any atom is 0.282 e. The van der Waals surface area contributed by atoms with Crippen LogP contribution in [0.25, 0.3) is 16.6 Å². The number of rotatable bonds is 1. The predicted octanol–water partition coefficient (Wildman–Crippen LogP) is 0.987. The Labute approximate surface area is 101 Å². The molecule has 0 unspecified atom stereocenters. The van der Waals surface area contributed by atoms with Crippen molar-refractivity contribution in [2.45, 2.75) is 0 Å². The van der Waals surface area contributed by atoms with E-state index in [1.54, 1.807) is 24.3 Å². The van der Waals surface area contributed by atoms with Crippen molar-refractivity contribution in [3.05, 3.63) is 40.8 Å². The van der Waals surface area contributed by atoms with Gasteiger partial charge < -0.3 is 4.74 Å². The number of fused-ring (bicyclic) bond motifs is 2. The molecule has 0 aliphatic carbocycles. The van der Waals surface area contributed by atoms with E-state index in [9.17, 15) is 10.1 Å². The Kier molecular flexibility index (Phi) is 2.07. The fourth-order valence-corrected chi connectivity index (χ4v) is 2.04. The number of benzene rings is 1. The zero-order valence-electron chi connectivity index (χ0n) is 9.49. The second-order valence-corrected chi connectivity index (χ2v) is 3.70. The first-order valence-electron chi connectivity index (χ1n) is 5.23. The molecule has 0 amide bonds. The number of para-hydroxylation sites is 1. The Balaban J connectivity index is 2.72. The number of nitriles is 1. The highest BCUT2D eigenvalue weighted by Crippen LogP contribution is 2.24. The van der Waals surface area contributed by atoms with Crippen molar-refractivity contribution in [3.63, 3.8) is 0 Å². The molecule has 3 aromatic rings. The van der Waals surface area contributed by atoms with Crippen LogP contribution in [-0.2, 0) is 0 Å². The van der Waals surface area contributed by atoms with Crippen molar-refractivity contribution in [2.75, 3.05) is 7.11 Å². The molecule has 0 spiro atoms. The second-order valence-electron chi connectivity index (χ2n) is 3.70. The van der Waals surface area contributed by atoms with Gasteiger partial charge in [-0.1, -0.05) is 6.07 Å². The van der Waals surface area contributed by atoms with Gasteiger partial charge in [-0.3, -0.25) is 4.79 Å². The first-order chi connectivity index (χ1) is 8.77. The van der Waals surface area contributed by atoms with Crippen LogP contribution in [0.4, 0.5) is 0 Å². The summed E-state index contributed by atoms with van der Waals surface area (Å²) in [5, 5.41) is 13.6. The average Bonchev–Trinajstić information content (AvgIpc) is 2.88. The summed E-state index contributed by atoms with van der Waals surface area (Å²) in [6.45, 7) is 0. The van der Waals surface area contributed by atoms with Gasteiger partial charge in [0.1, 0.15) is 11.3 Å². The third kappa shape index (κ3) is 1.16. The van der Waals surface area contributed by atoms with Gasteiger partial charge in [0.05, 0.1) is 18.7 Å². The molecule has 2 heterocycles. The lowest BCUT2D eigenvalue weighted by Gasteiger charge is -2.09. The van der Waals surface area contributed by atoms with Crippen molar-refractivity contribution in [1.29, 1.82) is 5.26 Å². The fourth-order valence-electron chi connectivity index (χ4n) is 2.04. The van der Waals surface area contributed by atoms with Crippen LogP contribution in [0.5, 0.6) is 5.75 Å². The molecular weight excluding hydrogens is 232 g/mol. The number of methoxy groups -OCH3 is 1. The molecule has 0 fully saturated rings. The molecule has 0 N–H and O–H groups in total. The standard InChI is InChI=1S/C12H8N4O2/c1-18-9-4-2-3-8-11(9)15(7-13)10-5-6-14-16(10)12(8)17/h2-6H,1H3. The predicted molar refractivity (Wildman–Crippen MR) is 64.5 cm³/mol. The van der Waals surface area contributed by atoms with Crippen molar-refractivity contribution in [3.8, 4) is 11.9 Å². The Morgan fingerprint density at radius 1 is 1.39 bits per heavy atom. The maximum absolute atomic E-state index is 12.2. The van der Waals surface area contributed by atoms with Gasteiger partial charge >= 0.3 is 0 Å². The van der Waals surface area contributed by atoms with Crippen molar-refractivity contribution >= 4 is 16.6 Å².